The van der Waals surface area contributed by atoms with Gasteiger partial charge in [0.05, 0.1) is 13.2 Å². The fraction of sp³-hybridized carbons (Fsp3) is 0.361. The molecule has 0 saturated carbocycles. The van der Waals surface area contributed by atoms with Crippen molar-refractivity contribution < 1.29 is 14.3 Å². The molecule has 0 bridgehead atoms. The number of benzene rings is 3. The molecule has 3 aromatic carbocycles. The van der Waals surface area contributed by atoms with Crippen molar-refractivity contribution in [2.45, 2.75) is 51.0 Å². The van der Waals surface area contributed by atoms with E-state index in [0.29, 0.717) is 19.6 Å². The summed E-state index contributed by atoms with van der Waals surface area (Å²) in [7, 11) is 0. The summed E-state index contributed by atoms with van der Waals surface area (Å²) in [6, 6.07) is 22.8. The quantitative estimate of drug-likeness (QED) is 0.102. The van der Waals surface area contributed by atoms with Crippen molar-refractivity contribution in [3.8, 4) is 16.9 Å². The number of nitrogens with zero attached hydrogens (tertiary/aromatic N) is 4. The zero-order valence-corrected chi connectivity index (χ0v) is 27.1. The van der Waals surface area contributed by atoms with Gasteiger partial charge >= 0.3 is 0 Å². The van der Waals surface area contributed by atoms with E-state index in [1.807, 2.05) is 41.1 Å². The molecule has 2 heterocycles. The smallest absolute Gasteiger partial charge is 0.251 e. The molecule has 1 amide bonds. The molecule has 45 heavy (non-hydrogen) atoms. The van der Waals surface area contributed by atoms with Gasteiger partial charge < -0.3 is 19.7 Å². The predicted octanol–water partition coefficient (Wildman–Crippen LogP) is 7.58. The zero-order valence-electron chi connectivity index (χ0n) is 26.3. The van der Waals surface area contributed by atoms with Gasteiger partial charge in [-0.3, -0.25) is 9.48 Å². The molecule has 0 atom stereocenters. The number of rotatable bonds is 16. The standard InChI is InChI=1S/C36H43N5O3S/c1-3-5-20-43-21-22-44-33-11-6-28(7-12-33)29-8-15-35-31(24-29)25-30(16-18-40(35)17-4-2)36(42)39-32-9-13-34(14-10-32)45-23-19-41-27-37-26-38-41/h6-15,24-27H,3-5,16-23H2,1-2H3,(H,39,42). The van der Waals surface area contributed by atoms with E-state index in [9.17, 15) is 4.79 Å². The van der Waals surface area contributed by atoms with Crippen molar-refractivity contribution in [3.05, 3.63) is 90.5 Å². The Kier molecular flexibility index (Phi) is 12.1. The van der Waals surface area contributed by atoms with E-state index >= 15 is 0 Å². The molecule has 8 nitrogen and oxygen atoms in total. The van der Waals surface area contributed by atoms with Gasteiger partial charge in [-0.15, -0.1) is 11.8 Å². The van der Waals surface area contributed by atoms with Crippen LogP contribution in [-0.2, 0) is 16.1 Å². The Balaban J connectivity index is 1.24. The Morgan fingerprint density at radius 1 is 0.933 bits per heavy atom. The second-order valence-electron chi connectivity index (χ2n) is 11.0. The Bertz CT molecular complexity index is 1520. The molecule has 1 aliphatic heterocycles. The van der Waals surface area contributed by atoms with Gasteiger partial charge in [0, 0.05) is 47.3 Å². The van der Waals surface area contributed by atoms with Crippen LogP contribution in [0.25, 0.3) is 17.2 Å². The Labute approximate surface area is 270 Å². The number of aryl methyl sites for hydroxylation is 1. The van der Waals surface area contributed by atoms with Gasteiger partial charge in [-0.05, 0) is 90.6 Å². The highest BCUT2D eigenvalue weighted by Gasteiger charge is 2.20. The molecule has 0 unspecified atom stereocenters. The monoisotopic (exact) mass is 625 g/mol. The fourth-order valence-electron chi connectivity index (χ4n) is 5.22. The van der Waals surface area contributed by atoms with Gasteiger partial charge in [0.15, 0.2) is 0 Å². The molecule has 0 saturated heterocycles. The molecule has 0 radical (unpaired) electrons. The maximum absolute atomic E-state index is 13.5. The van der Waals surface area contributed by atoms with E-state index in [0.717, 1.165) is 89.9 Å². The first-order chi connectivity index (χ1) is 22.1. The van der Waals surface area contributed by atoms with Crippen LogP contribution in [0.1, 0.15) is 45.1 Å². The van der Waals surface area contributed by atoms with Crippen LogP contribution in [0.5, 0.6) is 5.75 Å². The van der Waals surface area contributed by atoms with Crippen molar-refractivity contribution in [2.75, 3.05) is 48.9 Å². The lowest BCUT2D eigenvalue weighted by Gasteiger charge is -2.25. The molecule has 9 heteroatoms. The van der Waals surface area contributed by atoms with Crippen LogP contribution < -0.4 is 15.0 Å². The second kappa shape index (κ2) is 16.8. The van der Waals surface area contributed by atoms with Gasteiger partial charge in [0.25, 0.3) is 5.91 Å². The van der Waals surface area contributed by atoms with Crippen LogP contribution in [0.15, 0.2) is 89.9 Å². The van der Waals surface area contributed by atoms with Crippen LogP contribution in [0.4, 0.5) is 11.4 Å². The number of carbonyl (C=O) groups excluding carboxylic acids is 1. The predicted molar refractivity (Wildman–Crippen MR) is 184 cm³/mol. The van der Waals surface area contributed by atoms with Crippen LogP contribution in [0.2, 0.25) is 0 Å². The third kappa shape index (κ3) is 9.45. The van der Waals surface area contributed by atoms with Crippen molar-refractivity contribution in [2.24, 2.45) is 0 Å². The number of fused-ring (bicyclic) bond motifs is 1. The minimum atomic E-state index is -0.0588. The first kappa shape index (κ1) is 32.3. The third-order valence-electron chi connectivity index (χ3n) is 7.63. The number of hydrogen-bond acceptors (Lipinski definition) is 7. The number of aromatic nitrogens is 3. The van der Waals surface area contributed by atoms with E-state index in [1.54, 1.807) is 24.4 Å². The van der Waals surface area contributed by atoms with Crippen molar-refractivity contribution in [1.29, 1.82) is 0 Å². The molecule has 0 aliphatic carbocycles. The molecule has 1 aliphatic rings. The number of thioether (sulfide) groups is 1. The summed E-state index contributed by atoms with van der Waals surface area (Å²) in [6.45, 7) is 8.81. The molecule has 1 aromatic heterocycles. The minimum absolute atomic E-state index is 0.0588. The van der Waals surface area contributed by atoms with E-state index < -0.39 is 0 Å². The first-order valence-electron chi connectivity index (χ1n) is 15.9. The minimum Gasteiger partial charge on any atom is -0.491 e. The molecule has 5 rings (SSSR count). The molecular formula is C36H43N5O3S. The number of carbonyl (C=O) groups is 1. The summed E-state index contributed by atoms with van der Waals surface area (Å²) >= 11 is 1.75. The van der Waals surface area contributed by atoms with Crippen LogP contribution in [-0.4, -0.2) is 59.3 Å². The van der Waals surface area contributed by atoms with Gasteiger partial charge in [-0.1, -0.05) is 38.5 Å². The van der Waals surface area contributed by atoms with Crippen LogP contribution in [0, 0.1) is 0 Å². The molecule has 4 aromatic rings. The maximum atomic E-state index is 13.5. The van der Waals surface area contributed by atoms with Crippen LogP contribution >= 0.6 is 11.8 Å². The number of amides is 1. The zero-order chi connectivity index (χ0) is 31.3. The molecular weight excluding hydrogens is 582 g/mol. The maximum Gasteiger partial charge on any atom is 0.251 e. The first-order valence-corrected chi connectivity index (χ1v) is 16.9. The normalized spacial score (nSPS) is 12.8. The van der Waals surface area contributed by atoms with E-state index in [4.69, 9.17) is 9.47 Å². The van der Waals surface area contributed by atoms with Crippen LogP contribution in [0.3, 0.4) is 0 Å². The van der Waals surface area contributed by atoms with Crippen molar-refractivity contribution in [3.63, 3.8) is 0 Å². The third-order valence-corrected chi connectivity index (χ3v) is 8.62. The van der Waals surface area contributed by atoms with E-state index in [1.165, 1.54) is 5.69 Å². The molecule has 236 valence electrons. The topological polar surface area (TPSA) is 81.5 Å². The summed E-state index contributed by atoms with van der Waals surface area (Å²) < 4.78 is 13.3. The van der Waals surface area contributed by atoms with Crippen molar-refractivity contribution in [1.82, 2.24) is 14.8 Å². The highest BCUT2D eigenvalue weighted by molar-refractivity contribution is 7.99. The Morgan fingerprint density at radius 2 is 1.76 bits per heavy atom. The average Bonchev–Trinajstić information content (AvgIpc) is 3.52. The average molecular weight is 626 g/mol. The number of nitrogens with one attached hydrogen (secondary N) is 1. The highest BCUT2D eigenvalue weighted by atomic mass is 32.2. The lowest BCUT2D eigenvalue weighted by Crippen LogP contribution is -2.26. The summed E-state index contributed by atoms with van der Waals surface area (Å²) in [4.78, 5) is 21.0. The van der Waals surface area contributed by atoms with Gasteiger partial charge in [0.2, 0.25) is 0 Å². The van der Waals surface area contributed by atoms with Gasteiger partial charge in [0.1, 0.15) is 25.0 Å². The number of hydrogen-bond donors (Lipinski definition) is 1. The summed E-state index contributed by atoms with van der Waals surface area (Å²) in [6.07, 6.45) is 9.27. The second-order valence-corrected chi connectivity index (χ2v) is 12.2. The van der Waals surface area contributed by atoms with E-state index in [2.05, 4.69) is 70.6 Å². The molecule has 1 N–H and O–H groups in total. The number of ether oxygens (including phenoxy) is 2. The summed E-state index contributed by atoms with van der Waals surface area (Å²) in [5.41, 5.74) is 6.01. The van der Waals surface area contributed by atoms with Gasteiger partial charge in [-0.25, -0.2) is 4.98 Å². The lowest BCUT2D eigenvalue weighted by atomic mass is 10.00. The number of anilines is 2. The molecule has 0 spiro atoms. The lowest BCUT2D eigenvalue weighted by molar-refractivity contribution is -0.112. The SMILES string of the molecule is CCCCOCCOc1ccc(-c2ccc3c(c2)C=C(C(=O)Nc2ccc(SCCn4cncn4)cc2)CCN3CCC)cc1. The summed E-state index contributed by atoms with van der Waals surface area (Å²) in [5.74, 6) is 1.67. The summed E-state index contributed by atoms with van der Waals surface area (Å²) in [5, 5.41) is 7.27. The Hall–Kier alpha value is -4.08. The largest absolute Gasteiger partial charge is 0.491 e. The highest BCUT2D eigenvalue weighted by Crippen LogP contribution is 2.33. The van der Waals surface area contributed by atoms with Gasteiger partial charge in [-0.2, -0.15) is 5.10 Å². The van der Waals surface area contributed by atoms with Crippen molar-refractivity contribution >= 4 is 35.1 Å². The van der Waals surface area contributed by atoms with E-state index in [-0.39, 0.29) is 5.91 Å². The molecule has 0 fully saturated rings. The Morgan fingerprint density at radius 3 is 2.51 bits per heavy atom. The number of unbranched alkanes of at least 4 members (excludes halogenated alkanes) is 1. The fourth-order valence-corrected chi connectivity index (χ4v) is 6.06.